The number of halogens is 3. The number of benzene rings is 1. The molecule has 1 aliphatic rings. The van der Waals surface area contributed by atoms with E-state index in [2.05, 4.69) is 10.1 Å². The Kier molecular flexibility index (Phi) is 4.75. The molecule has 1 N–H and O–H groups in total. The standard InChI is InChI=1S/C14H18F3NO2/c1-19-12-6-2-4-10(8-12)18-11-5-3-7-13(9-11)20-14(15,16)17/h3,5,7,9-10,12,18H,2,4,6,8H2,1H3. The molecule has 0 bridgehead atoms. The average molecular weight is 289 g/mol. The Morgan fingerprint density at radius 3 is 2.75 bits per heavy atom. The molecule has 2 unspecified atom stereocenters. The maximum absolute atomic E-state index is 12.2. The molecule has 0 aliphatic heterocycles. The van der Waals surface area contributed by atoms with Gasteiger partial charge in [-0.05, 0) is 37.8 Å². The van der Waals surface area contributed by atoms with Crippen molar-refractivity contribution < 1.29 is 22.6 Å². The number of anilines is 1. The van der Waals surface area contributed by atoms with E-state index in [4.69, 9.17) is 4.74 Å². The maximum Gasteiger partial charge on any atom is 0.573 e. The number of hydrogen-bond acceptors (Lipinski definition) is 3. The Hall–Kier alpha value is -1.43. The Balaban J connectivity index is 1.97. The summed E-state index contributed by atoms with van der Waals surface area (Å²) in [4.78, 5) is 0. The molecule has 1 saturated carbocycles. The van der Waals surface area contributed by atoms with E-state index in [-0.39, 0.29) is 17.9 Å². The molecule has 6 heteroatoms. The first-order valence-corrected chi connectivity index (χ1v) is 6.61. The fourth-order valence-corrected chi connectivity index (χ4v) is 2.51. The van der Waals surface area contributed by atoms with Gasteiger partial charge >= 0.3 is 6.36 Å². The highest BCUT2D eigenvalue weighted by molar-refractivity contribution is 5.49. The molecule has 1 aliphatic carbocycles. The summed E-state index contributed by atoms with van der Waals surface area (Å²) < 4.78 is 45.8. The van der Waals surface area contributed by atoms with Crippen LogP contribution >= 0.6 is 0 Å². The highest BCUT2D eigenvalue weighted by atomic mass is 19.4. The third-order valence-corrected chi connectivity index (χ3v) is 3.40. The monoisotopic (exact) mass is 289 g/mol. The average Bonchev–Trinajstić information content (AvgIpc) is 2.37. The summed E-state index contributed by atoms with van der Waals surface area (Å²) in [5.41, 5.74) is 0.633. The quantitative estimate of drug-likeness (QED) is 0.910. The lowest BCUT2D eigenvalue weighted by molar-refractivity contribution is -0.274. The van der Waals surface area contributed by atoms with Gasteiger partial charge in [0.25, 0.3) is 0 Å². The van der Waals surface area contributed by atoms with Gasteiger partial charge < -0.3 is 14.8 Å². The van der Waals surface area contributed by atoms with Gasteiger partial charge in [-0.1, -0.05) is 6.07 Å². The van der Waals surface area contributed by atoms with Crippen LogP contribution < -0.4 is 10.1 Å². The zero-order chi connectivity index (χ0) is 14.6. The number of ether oxygens (including phenoxy) is 2. The summed E-state index contributed by atoms with van der Waals surface area (Å²) in [6.07, 6.45) is -0.507. The Bertz CT molecular complexity index is 437. The molecule has 2 rings (SSSR count). The second-order valence-electron chi connectivity index (χ2n) is 4.94. The van der Waals surface area contributed by atoms with Gasteiger partial charge in [0.1, 0.15) is 5.75 Å². The van der Waals surface area contributed by atoms with Crippen molar-refractivity contribution in [3.63, 3.8) is 0 Å². The van der Waals surface area contributed by atoms with Crippen molar-refractivity contribution in [1.29, 1.82) is 0 Å². The maximum atomic E-state index is 12.2. The van der Waals surface area contributed by atoms with E-state index in [0.717, 1.165) is 25.7 Å². The molecule has 1 aromatic carbocycles. The summed E-state index contributed by atoms with van der Waals surface area (Å²) in [6.45, 7) is 0. The lowest BCUT2D eigenvalue weighted by atomic mass is 9.92. The Labute approximate surface area is 116 Å². The zero-order valence-electron chi connectivity index (χ0n) is 11.2. The second kappa shape index (κ2) is 6.35. The minimum absolute atomic E-state index is 0.207. The van der Waals surface area contributed by atoms with Gasteiger partial charge in [-0.3, -0.25) is 0 Å². The summed E-state index contributed by atoms with van der Waals surface area (Å²) in [5, 5.41) is 3.24. The summed E-state index contributed by atoms with van der Waals surface area (Å²) in [7, 11) is 1.69. The van der Waals surface area contributed by atoms with Crippen LogP contribution in [0.5, 0.6) is 5.75 Å². The van der Waals surface area contributed by atoms with Gasteiger partial charge in [0.05, 0.1) is 6.10 Å². The third kappa shape index (κ3) is 4.59. The van der Waals surface area contributed by atoms with Gasteiger partial charge in [-0.25, -0.2) is 0 Å². The van der Waals surface area contributed by atoms with Crippen molar-refractivity contribution in [3.05, 3.63) is 24.3 Å². The minimum Gasteiger partial charge on any atom is -0.406 e. The van der Waals surface area contributed by atoms with Crippen molar-refractivity contribution >= 4 is 5.69 Å². The molecule has 0 heterocycles. The largest absolute Gasteiger partial charge is 0.573 e. The topological polar surface area (TPSA) is 30.5 Å². The number of methoxy groups -OCH3 is 1. The smallest absolute Gasteiger partial charge is 0.406 e. The molecule has 0 aromatic heterocycles. The van der Waals surface area contributed by atoms with Gasteiger partial charge in [-0.15, -0.1) is 13.2 Å². The first-order chi connectivity index (χ1) is 9.46. The highest BCUT2D eigenvalue weighted by Crippen LogP contribution is 2.28. The van der Waals surface area contributed by atoms with Crippen molar-refractivity contribution in [3.8, 4) is 5.75 Å². The Morgan fingerprint density at radius 1 is 1.25 bits per heavy atom. The predicted octanol–water partition coefficient (Wildman–Crippen LogP) is 3.95. The molecule has 3 nitrogen and oxygen atoms in total. The summed E-state index contributed by atoms with van der Waals surface area (Å²) in [5.74, 6) is -0.207. The molecule has 0 saturated heterocycles. The number of hydrogen-bond donors (Lipinski definition) is 1. The van der Waals surface area contributed by atoms with E-state index in [9.17, 15) is 13.2 Å². The lowest BCUT2D eigenvalue weighted by Crippen LogP contribution is -2.31. The molecule has 0 radical (unpaired) electrons. The van der Waals surface area contributed by atoms with Crippen LogP contribution in [0.2, 0.25) is 0 Å². The fraction of sp³-hybridized carbons (Fsp3) is 0.571. The van der Waals surface area contributed by atoms with Crippen LogP contribution in [0.15, 0.2) is 24.3 Å². The van der Waals surface area contributed by atoms with Crippen LogP contribution in [-0.4, -0.2) is 25.6 Å². The van der Waals surface area contributed by atoms with Crippen molar-refractivity contribution in [2.24, 2.45) is 0 Å². The molecule has 0 spiro atoms. The van der Waals surface area contributed by atoms with Crippen molar-refractivity contribution in [2.45, 2.75) is 44.2 Å². The van der Waals surface area contributed by atoms with Crippen LogP contribution in [0, 0.1) is 0 Å². The number of rotatable bonds is 4. The minimum atomic E-state index is -4.66. The predicted molar refractivity (Wildman–Crippen MR) is 69.8 cm³/mol. The highest BCUT2D eigenvalue weighted by Gasteiger charge is 2.31. The van der Waals surface area contributed by atoms with Gasteiger partial charge in [0.15, 0.2) is 0 Å². The number of nitrogens with one attached hydrogen (secondary N) is 1. The van der Waals surface area contributed by atoms with Crippen LogP contribution in [0.1, 0.15) is 25.7 Å². The van der Waals surface area contributed by atoms with Gasteiger partial charge in [0.2, 0.25) is 0 Å². The zero-order valence-corrected chi connectivity index (χ0v) is 11.2. The second-order valence-corrected chi connectivity index (χ2v) is 4.94. The molecular formula is C14H18F3NO2. The van der Waals surface area contributed by atoms with Crippen molar-refractivity contribution in [1.82, 2.24) is 0 Å². The molecule has 2 atom stereocenters. The normalized spacial score (nSPS) is 23.4. The first kappa shape index (κ1) is 15.0. The van der Waals surface area contributed by atoms with Crippen LogP contribution in [0.4, 0.5) is 18.9 Å². The van der Waals surface area contributed by atoms with Gasteiger partial charge in [-0.2, -0.15) is 0 Å². The molecule has 0 amide bonds. The SMILES string of the molecule is COC1CCCC(Nc2cccc(OC(F)(F)F)c2)C1. The van der Waals surface area contributed by atoms with E-state index in [1.165, 1.54) is 12.1 Å². The third-order valence-electron chi connectivity index (χ3n) is 3.40. The summed E-state index contributed by atoms with van der Waals surface area (Å²) >= 11 is 0. The van der Waals surface area contributed by atoms with E-state index in [1.807, 2.05) is 0 Å². The van der Waals surface area contributed by atoms with Gasteiger partial charge in [0, 0.05) is 24.9 Å². The lowest BCUT2D eigenvalue weighted by Gasteiger charge is -2.29. The molecular weight excluding hydrogens is 271 g/mol. The molecule has 1 aromatic rings. The van der Waals surface area contributed by atoms with Crippen LogP contribution in [0.3, 0.4) is 0 Å². The van der Waals surface area contributed by atoms with E-state index in [1.54, 1.807) is 19.2 Å². The molecule has 1 fully saturated rings. The van der Waals surface area contributed by atoms with Crippen molar-refractivity contribution in [2.75, 3.05) is 12.4 Å². The first-order valence-electron chi connectivity index (χ1n) is 6.61. The van der Waals surface area contributed by atoms with Crippen LogP contribution in [0.25, 0.3) is 0 Å². The number of alkyl halides is 3. The molecule has 112 valence electrons. The fourth-order valence-electron chi connectivity index (χ4n) is 2.51. The van der Waals surface area contributed by atoms with E-state index >= 15 is 0 Å². The summed E-state index contributed by atoms with van der Waals surface area (Å²) in [6, 6.07) is 6.15. The van der Waals surface area contributed by atoms with E-state index < -0.39 is 6.36 Å². The van der Waals surface area contributed by atoms with Crippen LogP contribution in [-0.2, 0) is 4.74 Å². The Morgan fingerprint density at radius 2 is 2.05 bits per heavy atom. The van der Waals surface area contributed by atoms with E-state index in [0.29, 0.717) is 5.69 Å². The molecule has 20 heavy (non-hydrogen) atoms.